The molecule has 0 fully saturated rings. The van der Waals surface area contributed by atoms with Crippen molar-refractivity contribution in [2.24, 2.45) is 0 Å². The summed E-state index contributed by atoms with van der Waals surface area (Å²) < 4.78 is 0. The van der Waals surface area contributed by atoms with E-state index in [1.807, 2.05) is 24.3 Å². The van der Waals surface area contributed by atoms with Gasteiger partial charge in [-0.15, -0.1) is 10.2 Å². The van der Waals surface area contributed by atoms with E-state index in [1.54, 1.807) is 12.1 Å². The van der Waals surface area contributed by atoms with E-state index in [9.17, 15) is 4.79 Å². The zero-order valence-corrected chi connectivity index (χ0v) is 12.2. The lowest BCUT2D eigenvalue weighted by atomic mass is 9.97. The Morgan fingerprint density at radius 1 is 1.25 bits per heavy atom. The van der Waals surface area contributed by atoms with E-state index >= 15 is 0 Å². The fourth-order valence-electron chi connectivity index (χ4n) is 1.88. The minimum Gasteiger partial charge on any atom is -0.320 e. The van der Waals surface area contributed by atoms with Crippen molar-refractivity contribution in [3.05, 3.63) is 52.8 Å². The smallest absolute Gasteiger partial charge is 0.276 e. The Balaban J connectivity index is 2.21. The third kappa shape index (κ3) is 3.33. The fraction of sp³-hybridized carbons (Fsp3) is 0.267. The van der Waals surface area contributed by atoms with Crippen molar-refractivity contribution >= 4 is 23.2 Å². The molecule has 2 aromatic rings. The normalized spacial score (nSPS) is 11.9. The summed E-state index contributed by atoms with van der Waals surface area (Å²) in [6.45, 7) is 4.25. The number of nitrogens with zero attached hydrogens (tertiary/aromatic N) is 2. The summed E-state index contributed by atoms with van der Waals surface area (Å²) in [5.41, 5.74) is 2.17. The average molecular weight is 290 g/mol. The quantitative estimate of drug-likeness (QED) is 0.929. The number of hydrogen-bond donors (Lipinski definition) is 1. The van der Waals surface area contributed by atoms with Gasteiger partial charge in [-0.25, -0.2) is 0 Å². The second-order valence-corrected chi connectivity index (χ2v) is 4.98. The zero-order valence-electron chi connectivity index (χ0n) is 11.4. The first-order valence-electron chi connectivity index (χ1n) is 6.51. The molecule has 0 aliphatic carbocycles. The lowest BCUT2D eigenvalue weighted by Gasteiger charge is -2.15. The molecule has 0 radical (unpaired) electrons. The Bertz CT molecular complexity index is 598. The highest BCUT2D eigenvalue weighted by atomic mass is 35.5. The van der Waals surface area contributed by atoms with E-state index < -0.39 is 0 Å². The molecule has 0 aliphatic heterocycles. The van der Waals surface area contributed by atoms with Crippen molar-refractivity contribution in [1.29, 1.82) is 0 Å². The standard InChI is InChI=1S/C15H16ClN3O/c1-3-10(2)11-6-4-5-7-12(11)17-15(20)13-8-9-14(16)19-18-13/h4-10H,3H2,1-2H3,(H,17,20). The molecule has 2 rings (SSSR count). The Morgan fingerprint density at radius 3 is 2.65 bits per heavy atom. The third-order valence-electron chi connectivity index (χ3n) is 3.22. The van der Waals surface area contributed by atoms with Crippen LogP contribution in [0.4, 0.5) is 5.69 Å². The lowest BCUT2D eigenvalue weighted by Crippen LogP contribution is -2.15. The molecular formula is C15H16ClN3O. The van der Waals surface area contributed by atoms with Gasteiger partial charge in [0.25, 0.3) is 5.91 Å². The number of benzene rings is 1. The minimum atomic E-state index is -0.287. The van der Waals surface area contributed by atoms with Gasteiger partial charge in [0.15, 0.2) is 10.8 Å². The van der Waals surface area contributed by atoms with E-state index in [0.717, 1.165) is 17.7 Å². The molecule has 0 saturated carbocycles. The summed E-state index contributed by atoms with van der Waals surface area (Å²) in [4.78, 5) is 12.1. The van der Waals surface area contributed by atoms with Gasteiger partial charge in [0, 0.05) is 5.69 Å². The van der Waals surface area contributed by atoms with Crippen molar-refractivity contribution < 1.29 is 4.79 Å². The molecule has 1 aromatic heterocycles. The number of aromatic nitrogens is 2. The van der Waals surface area contributed by atoms with Crippen molar-refractivity contribution in [3.63, 3.8) is 0 Å². The van der Waals surface area contributed by atoms with Gasteiger partial charge in [-0.05, 0) is 36.1 Å². The van der Waals surface area contributed by atoms with E-state index in [0.29, 0.717) is 5.92 Å². The lowest BCUT2D eigenvalue weighted by molar-refractivity contribution is 0.102. The molecule has 1 aromatic carbocycles. The summed E-state index contributed by atoms with van der Waals surface area (Å²) >= 11 is 5.66. The number of hydrogen-bond acceptors (Lipinski definition) is 3. The van der Waals surface area contributed by atoms with Crippen LogP contribution >= 0.6 is 11.6 Å². The highest BCUT2D eigenvalue weighted by molar-refractivity contribution is 6.29. The van der Waals surface area contributed by atoms with Crippen LogP contribution in [-0.2, 0) is 0 Å². The van der Waals surface area contributed by atoms with Crippen LogP contribution in [0.25, 0.3) is 0 Å². The average Bonchev–Trinajstić information content (AvgIpc) is 2.47. The van der Waals surface area contributed by atoms with Gasteiger partial charge in [0.1, 0.15) is 0 Å². The summed E-state index contributed by atoms with van der Waals surface area (Å²) in [6, 6.07) is 10.9. The largest absolute Gasteiger partial charge is 0.320 e. The second kappa shape index (κ2) is 6.48. The highest BCUT2D eigenvalue weighted by Crippen LogP contribution is 2.26. The Labute approximate surface area is 123 Å². The van der Waals surface area contributed by atoms with Crippen LogP contribution in [0.3, 0.4) is 0 Å². The van der Waals surface area contributed by atoms with Crippen molar-refractivity contribution in [3.8, 4) is 0 Å². The third-order valence-corrected chi connectivity index (χ3v) is 3.42. The molecule has 1 atom stereocenters. The fourth-order valence-corrected chi connectivity index (χ4v) is 1.98. The summed E-state index contributed by atoms with van der Waals surface area (Å²) in [5.74, 6) is 0.0905. The SMILES string of the molecule is CCC(C)c1ccccc1NC(=O)c1ccc(Cl)nn1. The molecule has 1 amide bonds. The van der Waals surface area contributed by atoms with Crippen LogP contribution in [0.2, 0.25) is 5.15 Å². The predicted octanol–water partition coefficient (Wildman–Crippen LogP) is 3.90. The number of rotatable bonds is 4. The van der Waals surface area contributed by atoms with Crippen molar-refractivity contribution in [1.82, 2.24) is 10.2 Å². The van der Waals surface area contributed by atoms with Crippen LogP contribution in [0.15, 0.2) is 36.4 Å². The summed E-state index contributed by atoms with van der Waals surface area (Å²) in [7, 11) is 0. The molecule has 0 aliphatic rings. The number of nitrogens with one attached hydrogen (secondary N) is 1. The number of carbonyl (C=O) groups is 1. The maximum absolute atomic E-state index is 12.1. The monoisotopic (exact) mass is 289 g/mol. The zero-order chi connectivity index (χ0) is 14.5. The number of halogens is 1. The van der Waals surface area contributed by atoms with Gasteiger partial charge in [0.05, 0.1) is 0 Å². The van der Waals surface area contributed by atoms with Gasteiger partial charge < -0.3 is 5.32 Å². The van der Waals surface area contributed by atoms with Crippen molar-refractivity contribution in [2.45, 2.75) is 26.2 Å². The topological polar surface area (TPSA) is 54.9 Å². The number of para-hydroxylation sites is 1. The molecular weight excluding hydrogens is 274 g/mol. The molecule has 0 bridgehead atoms. The van der Waals surface area contributed by atoms with Gasteiger partial charge in [0.2, 0.25) is 0 Å². The van der Waals surface area contributed by atoms with Gasteiger partial charge >= 0.3 is 0 Å². The van der Waals surface area contributed by atoms with Crippen LogP contribution in [0.5, 0.6) is 0 Å². The van der Waals surface area contributed by atoms with E-state index in [4.69, 9.17) is 11.6 Å². The Morgan fingerprint density at radius 2 is 2.00 bits per heavy atom. The molecule has 5 heteroatoms. The molecule has 1 unspecified atom stereocenters. The second-order valence-electron chi connectivity index (χ2n) is 4.59. The summed E-state index contributed by atoms with van der Waals surface area (Å²) in [6.07, 6.45) is 1.01. The maximum Gasteiger partial charge on any atom is 0.276 e. The number of carbonyl (C=O) groups excluding carboxylic acids is 1. The molecule has 0 spiro atoms. The first-order chi connectivity index (χ1) is 9.61. The molecule has 1 N–H and O–H groups in total. The van der Waals surface area contributed by atoms with Crippen LogP contribution in [0, 0.1) is 0 Å². The molecule has 20 heavy (non-hydrogen) atoms. The first-order valence-corrected chi connectivity index (χ1v) is 6.89. The first kappa shape index (κ1) is 14.5. The molecule has 1 heterocycles. The molecule has 0 saturated heterocycles. The van der Waals surface area contributed by atoms with E-state index in [1.165, 1.54) is 0 Å². The van der Waals surface area contributed by atoms with E-state index in [2.05, 4.69) is 29.4 Å². The van der Waals surface area contributed by atoms with Gasteiger partial charge in [-0.2, -0.15) is 0 Å². The van der Waals surface area contributed by atoms with Gasteiger partial charge in [-0.3, -0.25) is 4.79 Å². The summed E-state index contributed by atoms with van der Waals surface area (Å²) in [5, 5.41) is 10.6. The van der Waals surface area contributed by atoms with Crippen LogP contribution < -0.4 is 5.32 Å². The minimum absolute atomic E-state index is 0.244. The van der Waals surface area contributed by atoms with Gasteiger partial charge in [-0.1, -0.05) is 43.6 Å². The van der Waals surface area contributed by atoms with Crippen molar-refractivity contribution in [2.75, 3.05) is 5.32 Å². The highest BCUT2D eigenvalue weighted by Gasteiger charge is 2.13. The maximum atomic E-state index is 12.1. The van der Waals surface area contributed by atoms with Crippen LogP contribution in [0.1, 0.15) is 42.2 Å². The Hall–Kier alpha value is -1.94. The van der Waals surface area contributed by atoms with E-state index in [-0.39, 0.29) is 16.8 Å². The van der Waals surface area contributed by atoms with Crippen LogP contribution in [-0.4, -0.2) is 16.1 Å². The molecule has 4 nitrogen and oxygen atoms in total. The number of amides is 1. The number of anilines is 1. The predicted molar refractivity (Wildman–Crippen MR) is 80.1 cm³/mol. The Kier molecular flexibility index (Phi) is 4.69. The molecule has 104 valence electrons.